The van der Waals surface area contributed by atoms with Crippen molar-refractivity contribution in [1.29, 1.82) is 0 Å². The smallest absolute Gasteiger partial charge is 0.488 e. The molecule has 3 aliphatic rings. The third-order valence-electron chi connectivity index (χ3n) is 8.45. The summed E-state index contributed by atoms with van der Waals surface area (Å²) in [7, 11) is -2.93. The Kier molecular flexibility index (Phi) is 8.49. The first-order valence-corrected chi connectivity index (χ1v) is 13.8. The van der Waals surface area contributed by atoms with E-state index < -0.39 is 61.5 Å². The van der Waals surface area contributed by atoms with E-state index in [1.54, 1.807) is 12.1 Å². The van der Waals surface area contributed by atoms with E-state index in [9.17, 15) is 39.3 Å². The molecular formula is C29H32B2FNO8. The summed E-state index contributed by atoms with van der Waals surface area (Å²) < 4.78 is 19.8. The van der Waals surface area contributed by atoms with Crippen LogP contribution < -0.4 is 10.4 Å². The van der Waals surface area contributed by atoms with Crippen LogP contribution in [-0.2, 0) is 14.2 Å². The maximum atomic E-state index is 13.8. The highest BCUT2D eigenvalue weighted by molar-refractivity contribution is 6.58. The Morgan fingerprint density at radius 1 is 1.17 bits per heavy atom. The average molecular weight is 563 g/mol. The number of aromatic hydroxyl groups is 1. The highest BCUT2D eigenvalue weighted by atomic mass is 19.1. The van der Waals surface area contributed by atoms with Crippen molar-refractivity contribution in [3.05, 3.63) is 70.6 Å². The van der Waals surface area contributed by atoms with Crippen LogP contribution in [0.2, 0.25) is 6.32 Å². The van der Waals surface area contributed by atoms with Crippen molar-refractivity contribution in [2.45, 2.75) is 45.0 Å². The van der Waals surface area contributed by atoms with Crippen LogP contribution in [0.1, 0.15) is 38.2 Å². The highest BCUT2D eigenvalue weighted by Gasteiger charge is 2.57. The predicted molar refractivity (Wildman–Crippen MR) is 151 cm³/mol. The van der Waals surface area contributed by atoms with Gasteiger partial charge in [-0.25, -0.2) is 4.39 Å². The maximum Gasteiger partial charge on any atom is 0.488 e. The van der Waals surface area contributed by atoms with E-state index in [-0.39, 0.29) is 30.5 Å². The second-order valence-corrected chi connectivity index (χ2v) is 10.9. The number of halogens is 1. The molecule has 4 atom stereocenters. The number of anilines is 1. The van der Waals surface area contributed by atoms with E-state index in [2.05, 4.69) is 0 Å². The Labute approximate surface area is 237 Å². The van der Waals surface area contributed by atoms with Gasteiger partial charge >= 0.3 is 14.2 Å². The van der Waals surface area contributed by atoms with Gasteiger partial charge in [-0.1, -0.05) is 36.8 Å². The van der Waals surface area contributed by atoms with Crippen molar-refractivity contribution < 1.29 is 43.9 Å². The number of rotatable bonds is 8. The molecule has 5 N–H and O–H groups in total. The Morgan fingerprint density at radius 2 is 1.95 bits per heavy atom. The summed E-state index contributed by atoms with van der Waals surface area (Å²) in [6.07, 6.45) is 3.16. The van der Waals surface area contributed by atoms with Gasteiger partial charge in [0.15, 0.2) is 11.6 Å². The lowest BCUT2D eigenvalue weighted by atomic mass is 9.58. The van der Waals surface area contributed by atoms with Crippen LogP contribution in [0.25, 0.3) is 6.08 Å². The van der Waals surface area contributed by atoms with Crippen molar-refractivity contribution in [3.8, 4) is 5.75 Å². The van der Waals surface area contributed by atoms with Crippen LogP contribution in [0.4, 0.5) is 10.1 Å². The topological polar surface area (TPSA) is 148 Å². The SMILES string of the molecule is CC/C(=C\c1ccc(O)c(F)c1)CC[C@H]1OB(O)C[C@H]2C1=C(CO)C[C@H]1C(=O)N(c3cccc(B(O)O)c3)C(=O)[C@H]12. The van der Waals surface area contributed by atoms with Crippen molar-refractivity contribution in [2.24, 2.45) is 17.8 Å². The van der Waals surface area contributed by atoms with E-state index >= 15 is 0 Å². The molecule has 0 radical (unpaired) electrons. The van der Waals surface area contributed by atoms with Crippen molar-refractivity contribution in [1.82, 2.24) is 0 Å². The fourth-order valence-corrected chi connectivity index (χ4v) is 6.51. The lowest BCUT2D eigenvalue weighted by Crippen LogP contribution is -2.46. The minimum Gasteiger partial charge on any atom is -0.505 e. The quantitative estimate of drug-likeness (QED) is 0.186. The number of phenolic OH excluding ortho intramolecular Hbond substituents is 1. The van der Waals surface area contributed by atoms with Gasteiger partial charge in [0, 0.05) is 0 Å². The molecule has 5 rings (SSSR count). The lowest BCUT2D eigenvalue weighted by Gasteiger charge is -2.43. The van der Waals surface area contributed by atoms with Crippen LogP contribution >= 0.6 is 0 Å². The third-order valence-corrected chi connectivity index (χ3v) is 8.45. The number of benzene rings is 2. The minimum absolute atomic E-state index is 0.0992. The van der Waals surface area contributed by atoms with E-state index in [1.165, 1.54) is 30.3 Å². The van der Waals surface area contributed by atoms with Gasteiger partial charge in [-0.15, -0.1) is 0 Å². The van der Waals surface area contributed by atoms with Gasteiger partial charge in [-0.3, -0.25) is 14.5 Å². The zero-order valence-electron chi connectivity index (χ0n) is 22.6. The third kappa shape index (κ3) is 5.62. The molecule has 1 aliphatic carbocycles. The van der Waals surface area contributed by atoms with Gasteiger partial charge in [0.05, 0.1) is 30.2 Å². The van der Waals surface area contributed by atoms with Gasteiger partial charge in [0.1, 0.15) is 0 Å². The Hall–Kier alpha value is -3.28. The summed E-state index contributed by atoms with van der Waals surface area (Å²) in [4.78, 5) is 28.4. The molecule has 0 aromatic heterocycles. The number of hydrogen-bond acceptors (Lipinski definition) is 8. The molecule has 2 aromatic carbocycles. The molecule has 12 heteroatoms. The molecule has 2 aromatic rings. The molecule has 0 bridgehead atoms. The summed E-state index contributed by atoms with van der Waals surface area (Å²) in [5, 5.41) is 49.7. The summed E-state index contributed by atoms with van der Waals surface area (Å²) in [5.41, 5.74) is 3.33. The standard InChI is InChI=1S/C29H32B2FNO8/c1-2-16(10-17-6-8-24(35)23(32)11-17)7-9-25-26-18(15-34)12-21-27(22(26)14-30(38)41-25)29(37)33(28(21)36)20-5-3-4-19(13-20)31(39)40/h3-6,8,10-11,13,21-22,25,27,34-35,38-40H,2,7,9,12,14-15H2,1H3/b16-10+/t21-,22+,25-,27-/m1/s1. The van der Waals surface area contributed by atoms with Crippen LogP contribution in [0.15, 0.2) is 59.2 Å². The largest absolute Gasteiger partial charge is 0.505 e. The first-order chi connectivity index (χ1) is 19.6. The normalized spacial score (nSPS) is 24.6. The highest BCUT2D eigenvalue weighted by Crippen LogP contribution is 2.51. The monoisotopic (exact) mass is 563 g/mol. The summed E-state index contributed by atoms with van der Waals surface area (Å²) in [6.45, 7) is 1.65. The van der Waals surface area contributed by atoms with Crippen LogP contribution in [0, 0.1) is 23.6 Å². The number of allylic oxidation sites excluding steroid dienone is 1. The number of fused-ring (bicyclic) bond motifs is 3. The summed E-state index contributed by atoms with van der Waals surface area (Å²) >= 11 is 0. The molecule has 0 unspecified atom stereocenters. The molecule has 214 valence electrons. The molecule has 0 spiro atoms. The second-order valence-electron chi connectivity index (χ2n) is 10.9. The van der Waals surface area contributed by atoms with E-state index in [0.29, 0.717) is 30.4 Å². The summed E-state index contributed by atoms with van der Waals surface area (Å²) in [6, 6.07) is 10.1. The maximum absolute atomic E-state index is 13.8. The number of carbonyl (C=O) groups is 2. The van der Waals surface area contributed by atoms with Gasteiger partial charge in [-0.05, 0) is 84.4 Å². The fraction of sp³-hybridized carbons (Fsp3) is 0.379. The summed E-state index contributed by atoms with van der Waals surface area (Å²) in [5.74, 6) is -3.98. The number of imide groups is 1. The molecular weight excluding hydrogens is 531 g/mol. The zero-order chi connectivity index (χ0) is 29.4. The van der Waals surface area contributed by atoms with Gasteiger partial charge in [0.25, 0.3) is 0 Å². The number of carbonyl (C=O) groups excluding carboxylic acids is 2. The predicted octanol–water partition coefficient (Wildman–Crippen LogP) is 1.78. The first-order valence-electron chi connectivity index (χ1n) is 13.8. The van der Waals surface area contributed by atoms with Gasteiger partial charge in [-0.2, -0.15) is 0 Å². The van der Waals surface area contributed by atoms with Gasteiger partial charge in [0.2, 0.25) is 11.8 Å². The number of hydrogen-bond donors (Lipinski definition) is 5. The van der Waals surface area contributed by atoms with Crippen molar-refractivity contribution in [3.63, 3.8) is 0 Å². The minimum atomic E-state index is -1.76. The number of nitrogens with zero attached hydrogens (tertiary/aromatic N) is 1. The van der Waals surface area contributed by atoms with Crippen molar-refractivity contribution >= 4 is 43.3 Å². The van der Waals surface area contributed by atoms with E-state index in [1.807, 2.05) is 13.0 Å². The molecule has 2 fully saturated rings. The fourth-order valence-electron chi connectivity index (χ4n) is 6.51. The molecule has 2 amide bonds. The number of aliphatic hydroxyl groups excluding tert-OH is 1. The number of amides is 2. The van der Waals surface area contributed by atoms with Crippen molar-refractivity contribution in [2.75, 3.05) is 11.5 Å². The number of phenols is 1. The van der Waals surface area contributed by atoms with Crippen LogP contribution in [0.3, 0.4) is 0 Å². The molecule has 9 nitrogen and oxygen atoms in total. The van der Waals surface area contributed by atoms with Gasteiger partial charge < -0.3 is 29.9 Å². The average Bonchev–Trinajstić information content (AvgIpc) is 3.21. The number of aliphatic hydroxyl groups is 1. The second kappa shape index (κ2) is 11.9. The molecule has 2 aliphatic heterocycles. The Balaban J connectivity index is 1.42. The van der Waals surface area contributed by atoms with E-state index in [0.717, 1.165) is 16.0 Å². The Bertz CT molecular complexity index is 1410. The van der Waals surface area contributed by atoms with Crippen LogP contribution in [0.5, 0.6) is 5.75 Å². The molecule has 2 heterocycles. The molecule has 41 heavy (non-hydrogen) atoms. The molecule has 2 saturated heterocycles. The first kappa shape index (κ1) is 29.2. The molecule has 0 saturated carbocycles. The Morgan fingerprint density at radius 3 is 2.63 bits per heavy atom. The van der Waals surface area contributed by atoms with E-state index in [4.69, 9.17) is 4.65 Å². The van der Waals surface area contributed by atoms with Crippen LogP contribution in [-0.4, -0.2) is 64.0 Å². The zero-order valence-corrected chi connectivity index (χ0v) is 22.6. The lowest BCUT2D eigenvalue weighted by molar-refractivity contribution is -0.122.